The molecule has 6 heteroatoms. The molecule has 2 nitrogen and oxygen atoms in total. The highest BCUT2D eigenvalue weighted by Gasteiger charge is 2.30. The Kier molecular flexibility index (Phi) is 4.20. The third-order valence-corrected chi connectivity index (χ3v) is 4.49. The molecule has 0 saturated heterocycles. The second-order valence-corrected chi connectivity index (χ2v) is 6.20. The van der Waals surface area contributed by atoms with Gasteiger partial charge in [0.05, 0.1) is 11.3 Å². The summed E-state index contributed by atoms with van der Waals surface area (Å²) >= 11 is 1.55. The van der Waals surface area contributed by atoms with Crippen molar-refractivity contribution in [1.82, 2.24) is 4.98 Å². The number of hydrogen-bond donors (Lipinski definition) is 1. The topological polar surface area (TPSA) is 24.9 Å². The molecule has 0 unspecified atom stereocenters. The van der Waals surface area contributed by atoms with Crippen LogP contribution in [0.4, 0.5) is 18.2 Å². The molecule has 1 aromatic heterocycles. The summed E-state index contributed by atoms with van der Waals surface area (Å²) < 4.78 is 38.0. The van der Waals surface area contributed by atoms with Crippen molar-refractivity contribution >= 4 is 28.5 Å². The van der Waals surface area contributed by atoms with Crippen LogP contribution >= 0.6 is 11.3 Å². The molecule has 1 aliphatic heterocycles. The van der Waals surface area contributed by atoms with Crippen LogP contribution in [0.15, 0.2) is 24.3 Å². The second-order valence-electron chi connectivity index (χ2n) is 5.17. The highest BCUT2D eigenvalue weighted by molar-refractivity contribution is 7.16. The van der Waals surface area contributed by atoms with Crippen LogP contribution in [0.1, 0.15) is 34.7 Å². The number of nitrogens with zero attached hydrogens (tertiary/aromatic N) is 1. The summed E-state index contributed by atoms with van der Waals surface area (Å²) in [6.45, 7) is 0.950. The number of hydrogen-bond acceptors (Lipinski definition) is 3. The maximum atomic E-state index is 12.7. The zero-order chi connectivity index (χ0) is 15.6. The first kappa shape index (κ1) is 15.1. The van der Waals surface area contributed by atoms with Gasteiger partial charge in [-0.25, -0.2) is 4.98 Å². The summed E-state index contributed by atoms with van der Waals surface area (Å²) in [5.41, 5.74) is 0.950. The Labute approximate surface area is 130 Å². The molecular formula is C16H15F3N2S. The van der Waals surface area contributed by atoms with Gasteiger partial charge in [0.2, 0.25) is 0 Å². The average molecular weight is 324 g/mol. The summed E-state index contributed by atoms with van der Waals surface area (Å²) in [7, 11) is 0. The van der Waals surface area contributed by atoms with Crippen molar-refractivity contribution in [2.45, 2.75) is 25.4 Å². The van der Waals surface area contributed by atoms with Crippen molar-refractivity contribution in [2.75, 3.05) is 11.9 Å². The summed E-state index contributed by atoms with van der Waals surface area (Å²) in [5, 5.41) is 5.25. The van der Waals surface area contributed by atoms with Crippen molar-refractivity contribution in [3.63, 3.8) is 0 Å². The first-order valence-electron chi connectivity index (χ1n) is 7.11. The number of thiazole rings is 1. The summed E-state index contributed by atoms with van der Waals surface area (Å²) in [6.07, 6.45) is 2.34. The van der Waals surface area contributed by atoms with Crippen LogP contribution in [-0.2, 0) is 12.6 Å². The molecule has 0 radical (unpaired) electrons. The highest BCUT2D eigenvalue weighted by atomic mass is 32.1. The monoisotopic (exact) mass is 324 g/mol. The lowest BCUT2D eigenvalue weighted by atomic mass is 10.1. The Bertz CT molecular complexity index is 665. The van der Waals surface area contributed by atoms with Gasteiger partial charge in [0.15, 0.2) is 0 Å². The van der Waals surface area contributed by atoms with Crippen LogP contribution < -0.4 is 5.32 Å². The van der Waals surface area contributed by atoms with Crippen LogP contribution in [-0.4, -0.2) is 11.5 Å². The predicted molar refractivity (Wildman–Crippen MR) is 83.9 cm³/mol. The van der Waals surface area contributed by atoms with Crippen LogP contribution in [0, 0.1) is 0 Å². The van der Waals surface area contributed by atoms with Gasteiger partial charge in [0.25, 0.3) is 0 Å². The third kappa shape index (κ3) is 3.50. The molecule has 1 aliphatic rings. The number of rotatable bonds is 2. The molecule has 2 heterocycles. The van der Waals surface area contributed by atoms with E-state index in [1.54, 1.807) is 29.6 Å². The van der Waals surface area contributed by atoms with Gasteiger partial charge in [-0.1, -0.05) is 29.5 Å². The Hall–Kier alpha value is -1.82. The maximum absolute atomic E-state index is 12.7. The van der Waals surface area contributed by atoms with Crippen LogP contribution in [0.25, 0.3) is 12.2 Å². The van der Waals surface area contributed by atoms with Crippen molar-refractivity contribution in [1.29, 1.82) is 0 Å². The van der Waals surface area contributed by atoms with E-state index in [0.29, 0.717) is 5.56 Å². The fraction of sp³-hybridized carbons (Fsp3) is 0.312. The predicted octanol–water partition coefficient (Wildman–Crippen LogP) is 5.08. The molecule has 1 aromatic carbocycles. The van der Waals surface area contributed by atoms with Crippen LogP contribution in [0.3, 0.4) is 0 Å². The van der Waals surface area contributed by atoms with Crippen LogP contribution in [0.5, 0.6) is 0 Å². The zero-order valence-electron chi connectivity index (χ0n) is 11.8. The molecule has 1 N–H and O–H groups in total. The molecular weight excluding hydrogens is 309 g/mol. The number of halogens is 3. The zero-order valence-corrected chi connectivity index (χ0v) is 12.6. The first-order chi connectivity index (χ1) is 10.5. The number of fused-ring (bicyclic) bond motifs is 1. The number of anilines is 1. The van der Waals surface area contributed by atoms with E-state index in [4.69, 9.17) is 0 Å². The quantitative estimate of drug-likeness (QED) is 0.833. The minimum atomic E-state index is -4.31. The molecule has 0 saturated carbocycles. The smallest absolute Gasteiger partial charge is 0.375 e. The summed E-state index contributed by atoms with van der Waals surface area (Å²) in [6, 6.07) is 5.30. The van der Waals surface area contributed by atoms with Gasteiger partial charge < -0.3 is 5.32 Å². The van der Waals surface area contributed by atoms with E-state index in [2.05, 4.69) is 10.3 Å². The van der Waals surface area contributed by atoms with Crippen molar-refractivity contribution < 1.29 is 13.2 Å². The molecule has 0 fully saturated rings. The molecule has 116 valence electrons. The van der Waals surface area contributed by atoms with Crippen LogP contribution in [0.2, 0.25) is 0 Å². The number of aromatic nitrogens is 1. The van der Waals surface area contributed by atoms with E-state index in [1.165, 1.54) is 6.07 Å². The maximum Gasteiger partial charge on any atom is 0.416 e. The third-order valence-electron chi connectivity index (χ3n) is 3.47. The van der Waals surface area contributed by atoms with E-state index in [9.17, 15) is 13.2 Å². The summed E-state index contributed by atoms with van der Waals surface area (Å²) in [5.74, 6) is 0. The van der Waals surface area contributed by atoms with Gasteiger partial charge in [-0.15, -0.1) is 0 Å². The van der Waals surface area contributed by atoms with E-state index in [0.717, 1.165) is 53.6 Å². The van der Waals surface area contributed by atoms with E-state index in [1.807, 2.05) is 0 Å². The lowest BCUT2D eigenvalue weighted by molar-refractivity contribution is -0.137. The Morgan fingerprint density at radius 3 is 2.86 bits per heavy atom. The minimum Gasteiger partial charge on any atom is -0.375 e. The van der Waals surface area contributed by atoms with Gasteiger partial charge in [-0.3, -0.25) is 0 Å². The highest BCUT2D eigenvalue weighted by Crippen LogP contribution is 2.31. The van der Waals surface area contributed by atoms with Gasteiger partial charge in [-0.2, -0.15) is 13.2 Å². The van der Waals surface area contributed by atoms with Gasteiger partial charge in [0, 0.05) is 6.54 Å². The minimum absolute atomic E-state index is 0.521. The van der Waals surface area contributed by atoms with E-state index >= 15 is 0 Å². The van der Waals surface area contributed by atoms with Crippen molar-refractivity contribution in [2.24, 2.45) is 0 Å². The molecule has 2 aromatic rings. The fourth-order valence-electron chi connectivity index (χ4n) is 2.35. The molecule has 0 amide bonds. The molecule has 22 heavy (non-hydrogen) atoms. The number of nitrogens with one attached hydrogen (secondary N) is 1. The SMILES string of the molecule is FC(F)(F)c1cccc(C=Cc2nc3c(s2)NCCCC3)c1. The Morgan fingerprint density at radius 2 is 2.05 bits per heavy atom. The van der Waals surface area contributed by atoms with Gasteiger partial charge in [0.1, 0.15) is 10.0 Å². The van der Waals surface area contributed by atoms with Crippen molar-refractivity contribution in [3.8, 4) is 0 Å². The van der Waals surface area contributed by atoms with Crippen molar-refractivity contribution in [3.05, 3.63) is 46.1 Å². The molecule has 0 spiro atoms. The fourth-order valence-corrected chi connectivity index (χ4v) is 3.30. The molecule has 0 atom stereocenters. The summed E-state index contributed by atoms with van der Waals surface area (Å²) in [4.78, 5) is 4.54. The standard InChI is InChI=1S/C16H15F3N2S/c17-16(18,19)12-5-3-4-11(10-12)7-8-14-21-13-6-1-2-9-20-15(13)22-14/h3-5,7-8,10,20H,1-2,6,9H2. The molecule has 3 rings (SSSR count). The second kappa shape index (κ2) is 6.12. The first-order valence-corrected chi connectivity index (χ1v) is 7.93. The lowest BCUT2D eigenvalue weighted by Gasteiger charge is -2.06. The average Bonchev–Trinajstić information content (AvgIpc) is 2.74. The number of alkyl halides is 3. The number of benzene rings is 1. The van der Waals surface area contributed by atoms with E-state index in [-0.39, 0.29) is 0 Å². The Morgan fingerprint density at radius 1 is 1.18 bits per heavy atom. The normalized spacial score (nSPS) is 15.4. The number of aryl methyl sites for hydroxylation is 1. The van der Waals surface area contributed by atoms with Gasteiger partial charge >= 0.3 is 6.18 Å². The molecule has 0 aliphatic carbocycles. The molecule has 0 bridgehead atoms. The van der Waals surface area contributed by atoms with Gasteiger partial charge in [-0.05, 0) is 43.0 Å². The van der Waals surface area contributed by atoms with E-state index < -0.39 is 11.7 Å². The Balaban J connectivity index is 1.80. The lowest BCUT2D eigenvalue weighted by Crippen LogP contribution is -2.04. The largest absolute Gasteiger partial charge is 0.416 e.